The van der Waals surface area contributed by atoms with Gasteiger partial charge in [-0.25, -0.2) is 0 Å². The van der Waals surface area contributed by atoms with Crippen molar-refractivity contribution in [2.45, 2.75) is 18.8 Å². The van der Waals surface area contributed by atoms with Crippen LogP contribution < -0.4 is 4.74 Å². The average Bonchev–Trinajstić information content (AvgIpc) is 2.81. The Labute approximate surface area is 114 Å². The fourth-order valence-electron chi connectivity index (χ4n) is 3.04. The Balaban J connectivity index is 2.45. The van der Waals surface area contributed by atoms with Crippen LogP contribution in [0.1, 0.15) is 18.9 Å². The van der Waals surface area contributed by atoms with Gasteiger partial charge >= 0.3 is 5.97 Å². The van der Waals surface area contributed by atoms with E-state index in [-0.39, 0.29) is 5.41 Å². The van der Waals surface area contributed by atoms with Crippen LogP contribution >= 0.6 is 0 Å². The number of hydrogen-bond acceptors (Lipinski definition) is 3. The predicted octanol–water partition coefficient (Wildman–Crippen LogP) is 1.99. The topological polar surface area (TPSA) is 49.8 Å². The number of benzene rings is 1. The monoisotopic (exact) mass is 263 g/mol. The first-order chi connectivity index (χ1) is 8.99. The summed E-state index contributed by atoms with van der Waals surface area (Å²) in [5.41, 5.74) is 0.737. The van der Waals surface area contributed by atoms with Crippen molar-refractivity contribution in [3.8, 4) is 5.75 Å². The summed E-state index contributed by atoms with van der Waals surface area (Å²) in [6, 6.07) is 7.81. The number of carbonyl (C=O) groups is 1. The van der Waals surface area contributed by atoms with Crippen molar-refractivity contribution >= 4 is 5.97 Å². The minimum atomic E-state index is -0.738. The van der Waals surface area contributed by atoms with Gasteiger partial charge < -0.3 is 14.7 Å². The lowest BCUT2D eigenvalue weighted by atomic mass is 9.70. The molecule has 2 rings (SSSR count). The van der Waals surface area contributed by atoms with E-state index in [0.717, 1.165) is 30.8 Å². The van der Waals surface area contributed by atoms with E-state index in [0.29, 0.717) is 0 Å². The Morgan fingerprint density at radius 1 is 1.53 bits per heavy atom. The lowest BCUT2D eigenvalue weighted by molar-refractivity contribution is -0.143. The summed E-state index contributed by atoms with van der Waals surface area (Å²) in [6.07, 6.45) is 0.865. The van der Waals surface area contributed by atoms with Crippen LogP contribution in [-0.4, -0.2) is 43.2 Å². The Hall–Kier alpha value is -1.55. The van der Waals surface area contributed by atoms with Crippen LogP contribution in [0.25, 0.3) is 0 Å². The largest absolute Gasteiger partial charge is 0.497 e. The molecule has 0 spiro atoms. The highest BCUT2D eigenvalue weighted by atomic mass is 16.5. The summed E-state index contributed by atoms with van der Waals surface area (Å²) in [5.74, 6) is -0.369. The molecule has 1 N–H and O–H groups in total. The first-order valence-electron chi connectivity index (χ1n) is 6.55. The first-order valence-corrected chi connectivity index (χ1v) is 6.55. The van der Waals surface area contributed by atoms with Crippen molar-refractivity contribution in [1.82, 2.24) is 4.90 Å². The highest BCUT2D eigenvalue weighted by Gasteiger charge is 2.46. The zero-order valence-electron chi connectivity index (χ0n) is 11.7. The van der Waals surface area contributed by atoms with E-state index >= 15 is 0 Å². The molecule has 0 aromatic heterocycles. The molecule has 1 fully saturated rings. The Bertz CT molecular complexity index is 474. The maximum atomic E-state index is 11.5. The second-order valence-corrected chi connectivity index (χ2v) is 5.44. The Morgan fingerprint density at radius 3 is 2.79 bits per heavy atom. The van der Waals surface area contributed by atoms with Crippen molar-refractivity contribution in [2.24, 2.45) is 5.92 Å². The molecule has 1 aromatic rings. The minimum absolute atomic E-state index is 0.324. The molecule has 19 heavy (non-hydrogen) atoms. The molecule has 1 heterocycles. The fraction of sp³-hybridized carbons (Fsp3) is 0.533. The molecule has 4 nitrogen and oxygen atoms in total. The number of carboxylic acids is 1. The lowest BCUT2D eigenvalue weighted by Crippen LogP contribution is -2.40. The third kappa shape index (κ3) is 2.45. The molecular formula is C15H21NO3. The summed E-state index contributed by atoms with van der Waals surface area (Å²) in [7, 11) is 3.67. The number of carboxylic acid groups (broad SMARTS) is 1. The number of ether oxygens (including phenoxy) is 1. The van der Waals surface area contributed by atoms with Crippen molar-refractivity contribution in [3.05, 3.63) is 29.8 Å². The van der Waals surface area contributed by atoms with Gasteiger partial charge in [0.25, 0.3) is 0 Å². The molecule has 1 aromatic carbocycles. The third-order valence-corrected chi connectivity index (χ3v) is 4.34. The van der Waals surface area contributed by atoms with Crippen LogP contribution in [0.4, 0.5) is 0 Å². The molecule has 1 aliphatic heterocycles. The Morgan fingerprint density at radius 2 is 2.26 bits per heavy atom. The van der Waals surface area contributed by atoms with E-state index in [4.69, 9.17) is 4.74 Å². The molecule has 0 bridgehead atoms. The maximum absolute atomic E-state index is 11.5. The molecular weight excluding hydrogens is 242 g/mol. The van der Waals surface area contributed by atoms with Crippen LogP contribution in [0.15, 0.2) is 24.3 Å². The zero-order valence-corrected chi connectivity index (χ0v) is 11.7. The standard InChI is InChI=1S/C15H21NO3/c1-11(14(17)18)15(7-8-16(2)10-15)12-5-4-6-13(9-12)19-3/h4-6,9,11H,7-8,10H2,1-3H3,(H,17,18). The van der Waals surface area contributed by atoms with Gasteiger partial charge in [0.1, 0.15) is 5.75 Å². The van der Waals surface area contributed by atoms with Gasteiger partial charge in [0.2, 0.25) is 0 Å². The quantitative estimate of drug-likeness (QED) is 0.902. The summed E-state index contributed by atoms with van der Waals surface area (Å²) < 4.78 is 5.27. The third-order valence-electron chi connectivity index (χ3n) is 4.34. The molecule has 0 radical (unpaired) electrons. The lowest BCUT2D eigenvalue weighted by Gasteiger charge is -2.33. The van der Waals surface area contributed by atoms with Crippen molar-refractivity contribution in [3.63, 3.8) is 0 Å². The molecule has 2 atom stereocenters. The van der Waals surface area contributed by atoms with Gasteiger partial charge in [-0.05, 0) is 37.7 Å². The van der Waals surface area contributed by atoms with E-state index in [2.05, 4.69) is 4.90 Å². The van der Waals surface area contributed by atoms with Gasteiger partial charge in [0.05, 0.1) is 13.0 Å². The van der Waals surface area contributed by atoms with Crippen LogP contribution in [0, 0.1) is 5.92 Å². The second kappa shape index (κ2) is 5.21. The number of aliphatic carboxylic acids is 1. The molecule has 0 amide bonds. The summed E-state index contributed by atoms with van der Waals surface area (Å²) in [4.78, 5) is 13.7. The Kier molecular flexibility index (Phi) is 3.80. The molecule has 4 heteroatoms. The van der Waals surface area contributed by atoms with Crippen LogP contribution in [0.3, 0.4) is 0 Å². The van der Waals surface area contributed by atoms with Gasteiger partial charge in [-0.3, -0.25) is 4.79 Å². The number of rotatable bonds is 4. The molecule has 1 aliphatic rings. The zero-order chi connectivity index (χ0) is 14.0. The smallest absolute Gasteiger partial charge is 0.307 e. The molecule has 2 unspecified atom stereocenters. The average molecular weight is 263 g/mol. The normalized spacial score (nSPS) is 25.2. The van der Waals surface area contributed by atoms with E-state index < -0.39 is 11.9 Å². The summed E-state index contributed by atoms with van der Waals surface area (Å²) >= 11 is 0. The predicted molar refractivity (Wildman–Crippen MR) is 73.6 cm³/mol. The van der Waals surface area contributed by atoms with E-state index in [1.807, 2.05) is 31.3 Å². The summed E-state index contributed by atoms with van der Waals surface area (Å²) in [6.45, 7) is 3.50. The fourth-order valence-corrected chi connectivity index (χ4v) is 3.04. The molecule has 1 saturated heterocycles. The van der Waals surface area contributed by atoms with Gasteiger partial charge in [0, 0.05) is 12.0 Å². The number of likely N-dealkylation sites (tertiary alicyclic amines) is 1. The van der Waals surface area contributed by atoms with E-state index in [1.165, 1.54) is 0 Å². The van der Waals surface area contributed by atoms with Crippen molar-refractivity contribution < 1.29 is 14.6 Å². The molecule has 0 aliphatic carbocycles. The highest BCUT2D eigenvalue weighted by molar-refractivity contribution is 5.72. The number of hydrogen-bond donors (Lipinski definition) is 1. The van der Waals surface area contributed by atoms with Gasteiger partial charge in [-0.15, -0.1) is 0 Å². The van der Waals surface area contributed by atoms with Gasteiger partial charge in [-0.2, -0.15) is 0 Å². The van der Waals surface area contributed by atoms with E-state index in [1.54, 1.807) is 14.0 Å². The number of methoxy groups -OCH3 is 1. The number of likely N-dealkylation sites (N-methyl/N-ethyl adjacent to an activating group) is 1. The highest BCUT2D eigenvalue weighted by Crippen LogP contribution is 2.41. The van der Waals surface area contributed by atoms with E-state index in [9.17, 15) is 9.90 Å². The first kappa shape index (κ1) is 13.9. The second-order valence-electron chi connectivity index (χ2n) is 5.44. The van der Waals surface area contributed by atoms with Crippen molar-refractivity contribution in [2.75, 3.05) is 27.2 Å². The summed E-state index contributed by atoms with van der Waals surface area (Å²) in [5, 5.41) is 9.43. The van der Waals surface area contributed by atoms with Crippen LogP contribution in [-0.2, 0) is 10.2 Å². The number of nitrogens with zero attached hydrogens (tertiary/aromatic N) is 1. The van der Waals surface area contributed by atoms with Crippen LogP contribution in [0.5, 0.6) is 5.75 Å². The van der Waals surface area contributed by atoms with Gasteiger partial charge in [0.15, 0.2) is 0 Å². The maximum Gasteiger partial charge on any atom is 0.307 e. The van der Waals surface area contributed by atoms with Gasteiger partial charge in [-0.1, -0.05) is 19.1 Å². The van der Waals surface area contributed by atoms with Crippen molar-refractivity contribution in [1.29, 1.82) is 0 Å². The van der Waals surface area contributed by atoms with Crippen LogP contribution in [0.2, 0.25) is 0 Å². The molecule has 104 valence electrons. The molecule has 0 saturated carbocycles. The minimum Gasteiger partial charge on any atom is -0.497 e. The SMILES string of the molecule is COc1cccc(C2(C(C)C(=O)O)CCN(C)C2)c1.